The van der Waals surface area contributed by atoms with Crippen LogP contribution in [0.4, 0.5) is 0 Å². The van der Waals surface area contributed by atoms with Crippen molar-refractivity contribution < 1.29 is 23.8 Å². The third-order valence-electron chi connectivity index (χ3n) is 3.86. The third-order valence-corrected chi connectivity index (χ3v) is 3.86. The van der Waals surface area contributed by atoms with Gasteiger partial charge in [-0.2, -0.15) is 0 Å². The van der Waals surface area contributed by atoms with E-state index in [-0.39, 0.29) is 13.2 Å². The number of amides is 2. The van der Waals surface area contributed by atoms with E-state index >= 15 is 0 Å². The lowest BCUT2D eigenvalue weighted by molar-refractivity contribution is -0.131. The highest BCUT2D eigenvalue weighted by Gasteiger charge is 2.07. The van der Waals surface area contributed by atoms with Gasteiger partial charge in [0.25, 0.3) is 11.8 Å². The molecule has 0 saturated carbocycles. The van der Waals surface area contributed by atoms with Gasteiger partial charge in [0.05, 0.1) is 7.11 Å². The first-order valence-electron chi connectivity index (χ1n) is 8.60. The first kappa shape index (κ1) is 19.0. The molecule has 0 unspecified atom stereocenters. The maximum Gasteiger partial charge on any atom is 0.276 e. The molecule has 0 bridgehead atoms. The van der Waals surface area contributed by atoms with Gasteiger partial charge in [0.1, 0.15) is 17.2 Å². The SMILES string of the molecule is COc1ccc(OCC(=O)NNC(=O)COc2ccc3ccccc3c2)cc1. The normalized spacial score (nSPS) is 10.2. The number of hydrogen-bond acceptors (Lipinski definition) is 5. The fourth-order valence-electron chi connectivity index (χ4n) is 2.44. The Morgan fingerprint density at radius 1 is 0.714 bits per heavy atom. The van der Waals surface area contributed by atoms with Gasteiger partial charge < -0.3 is 14.2 Å². The van der Waals surface area contributed by atoms with E-state index in [1.807, 2.05) is 36.4 Å². The smallest absolute Gasteiger partial charge is 0.276 e. The van der Waals surface area contributed by atoms with Crippen molar-refractivity contribution in [1.29, 1.82) is 0 Å². The van der Waals surface area contributed by atoms with Crippen molar-refractivity contribution in [3.63, 3.8) is 0 Å². The van der Waals surface area contributed by atoms with Crippen LogP contribution in [0.2, 0.25) is 0 Å². The Morgan fingerprint density at radius 3 is 1.89 bits per heavy atom. The second kappa shape index (κ2) is 9.27. The van der Waals surface area contributed by atoms with E-state index in [2.05, 4.69) is 10.9 Å². The molecule has 0 heterocycles. The lowest BCUT2D eigenvalue weighted by Crippen LogP contribution is -2.45. The Hall–Kier alpha value is -3.74. The summed E-state index contributed by atoms with van der Waals surface area (Å²) < 4.78 is 15.8. The lowest BCUT2D eigenvalue weighted by Gasteiger charge is -2.10. The maximum absolute atomic E-state index is 11.8. The number of carbonyl (C=O) groups excluding carboxylic acids is 2. The molecule has 0 atom stereocenters. The molecule has 0 aliphatic rings. The number of hydrazine groups is 1. The van der Waals surface area contributed by atoms with Crippen molar-refractivity contribution in [3.05, 3.63) is 66.7 Å². The molecule has 0 radical (unpaired) electrons. The van der Waals surface area contributed by atoms with Crippen LogP contribution < -0.4 is 25.1 Å². The van der Waals surface area contributed by atoms with Gasteiger partial charge in [-0.15, -0.1) is 0 Å². The number of carbonyl (C=O) groups is 2. The molecule has 0 fully saturated rings. The zero-order chi connectivity index (χ0) is 19.8. The number of nitrogens with one attached hydrogen (secondary N) is 2. The minimum absolute atomic E-state index is 0.224. The summed E-state index contributed by atoms with van der Waals surface area (Å²) in [6.07, 6.45) is 0. The zero-order valence-corrected chi connectivity index (χ0v) is 15.3. The number of ether oxygens (including phenoxy) is 3. The van der Waals surface area contributed by atoms with Gasteiger partial charge >= 0.3 is 0 Å². The highest BCUT2D eigenvalue weighted by Crippen LogP contribution is 2.20. The van der Waals surface area contributed by atoms with E-state index in [4.69, 9.17) is 14.2 Å². The topological polar surface area (TPSA) is 85.9 Å². The molecule has 28 heavy (non-hydrogen) atoms. The van der Waals surface area contributed by atoms with E-state index in [0.717, 1.165) is 10.8 Å². The Bertz CT molecular complexity index is 956. The fraction of sp³-hybridized carbons (Fsp3) is 0.143. The van der Waals surface area contributed by atoms with Crippen LogP contribution in [0.3, 0.4) is 0 Å². The molecule has 2 N–H and O–H groups in total. The van der Waals surface area contributed by atoms with Gasteiger partial charge in [-0.1, -0.05) is 30.3 Å². The number of benzene rings is 3. The van der Waals surface area contributed by atoms with Crippen LogP contribution in [0, 0.1) is 0 Å². The van der Waals surface area contributed by atoms with Gasteiger partial charge in [-0.05, 0) is 47.2 Å². The van der Waals surface area contributed by atoms with E-state index in [1.165, 1.54) is 0 Å². The fourth-order valence-corrected chi connectivity index (χ4v) is 2.44. The van der Waals surface area contributed by atoms with E-state index in [9.17, 15) is 9.59 Å². The molecule has 7 nitrogen and oxygen atoms in total. The molecule has 3 aromatic carbocycles. The highest BCUT2D eigenvalue weighted by atomic mass is 16.5. The summed E-state index contributed by atoms with van der Waals surface area (Å²) in [5.74, 6) is 0.807. The van der Waals surface area contributed by atoms with Crippen molar-refractivity contribution in [2.45, 2.75) is 0 Å². The second-order valence-electron chi connectivity index (χ2n) is 5.86. The van der Waals surface area contributed by atoms with Crippen molar-refractivity contribution in [3.8, 4) is 17.2 Å². The van der Waals surface area contributed by atoms with Crippen LogP contribution in [-0.4, -0.2) is 32.1 Å². The number of methoxy groups -OCH3 is 1. The number of fused-ring (bicyclic) bond motifs is 1. The first-order chi connectivity index (χ1) is 13.6. The first-order valence-corrected chi connectivity index (χ1v) is 8.60. The molecule has 0 aromatic heterocycles. The predicted octanol–water partition coefficient (Wildman–Crippen LogP) is 2.45. The van der Waals surface area contributed by atoms with Crippen molar-refractivity contribution in [2.75, 3.05) is 20.3 Å². The summed E-state index contributed by atoms with van der Waals surface area (Å²) in [6, 6.07) is 20.2. The van der Waals surface area contributed by atoms with Crippen LogP contribution in [0.25, 0.3) is 10.8 Å². The van der Waals surface area contributed by atoms with Crippen LogP contribution in [0.15, 0.2) is 66.7 Å². The summed E-state index contributed by atoms with van der Waals surface area (Å²) in [5.41, 5.74) is 4.55. The Labute approximate surface area is 162 Å². The van der Waals surface area contributed by atoms with E-state index in [0.29, 0.717) is 17.2 Å². The average molecular weight is 380 g/mol. The minimum atomic E-state index is -0.491. The molecule has 7 heteroatoms. The predicted molar refractivity (Wildman–Crippen MR) is 104 cm³/mol. The van der Waals surface area contributed by atoms with Crippen LogP contribution >= 0.6 is 0 Å². The van der Waals surface area contributed by atoms with Crippen molar-refractivity contribution in [1.82, 2.24) is 10.9 Å². The Morgan fingerprint density at radius 2 is 1.25 bits per heavy atom. The van der Waals surface area contributed by atoms with Crippen LogP contribution in [0.5, 0.6) is 17.2 Å². The molecule has 144 valence electrons. The second-order valence-corrected chi connectivity index (χ2v) is 5.86. The quantitative estimate of drug-likeness (QED) is 0.615. The molecule has 0 aliphatic carbocycles. The summed E-state index contributed by atoms with van der Waals surface area (Å²) in [7, 11) is 1.57. The maximum atomic E-state index is 11.8. The monoisotopic (exact) mass is 380 g/mol. The summed E-state index contributed by atoms with van der Waals surface area (Å²) in [6.45, 7) is -0.462. The zero-order valence-electron chi connectivity index (χ0n) is 15.3. The van der Waals surface area contributed by atoms with Gasteiger partial charge in [-0.3, -0.25) is 20.4 Å². The van der Waals surface area contributed by atoms with Crippen molar-refractivity contribution in [2.24, 2.45) is 0 Å². The number of hydrogen-bond donors (Lipinski definition) is 2. The Balaban J connectivity index is 1.38. The summed E-state index contributed by atoms with van der Waals surface area (Å²) >= 11 is 0. The van der Waals surface area contributed by atoms with Gasteiger partial charge in [-0.25, -0.2) is 0 Å². The van der Waals surface area contributed by atoms with Crippen LogP contribution in [0.1, 0.15) is 0 Å². The van der Waals surface area contributed by atoms with Crippen molar-refractivity contribution >= 4 is 22.6 Å². The van der Waals surface area contributed by atoms with Crippen LogP contribution in [-0.2, 0) is 9.59 Å². The third kappa shape index (κ3) is 5.38. The molecular formula is C21H20N2O5. The highest BCUT2D eigenvalue weighted by molar-refractivity contribution is 5.85. The summed E-state index contributed by atoms with van der Waals surface area (Å²) in [5, 5.41) is 2.10. The van der Waals surface area contributed by atoms with Gasteiger partial charge in [0.2, 0.25) is 0 Å². The van der Waals surface area contributed by atoms with Gasteiger partial charge in [0, 0.05) is 0 Å². The largest absolute Gasteiger partial charge is 0.497 e. The lowest BCUT2D eigenvalue weighted by atomic mass is 10.1. The molecule has 2 amide bonds. The number of rotatable bonds is 7. The standard InChI is InChI=1S/C21H20N2O5/c1-26-17-8-10-18(11-9-17)27-13-20(24)22-23-21(25)14-28-19-7-6-15-4-2-3-5-16(15)12-19/h2-12H,13-14H2,1H3,(H,22,24)(H,23,25). The molecule has 3 rings (SSSR count). The van der Waals surface area contributed by atoms with E-state index < -0.39 is 11.8 Å². The Kier molecular flexibility index (Phi) is 6.30. The molecule has 0 saturated heterocycles. The van der Waals surface area contributed by atoms with E-state index in [1.54, 1.807) is 37.4 Å². The molecule has 3 aromatic rings. The van der Waals surface area contributed by atoms with Gasteiger partial charge in [0.15, 0.2) is 13.2 Å². The molecule has 0 spiro atoms. The molecular weight excluding hydrogens is 360 g/mol. The summed E-state index contributed by atoms with van der Waals surface area (Å²) in [4.78, 5) is 23.6. The molecule has 0 aliphatic heterocycles. The minimum Gasteiger partial charge on any atom is -0.497 e. The average Bonchev–Trinajstić information content (AvgIpc) is 2.75.